The molecule has 0 radical (unpaired) electrons. The maximum atomic E-state index is 12.3. The van der Waals surface area contributed by atoms with Crippen LogP contribution < -0.4 is 5.32 Å². The molecule has 1 aromatic heterocycles. The van der Waals surface area contributed by atoms with Gasteiger partial charge in [-0.25, -0.2) is 0 Å². The van der Waals surface area contributed by atoms with E-state index in [-0.39, 0.29) is 24.2 Å². The summed E-state index contributed by atoms with van der Waals surface area (Å²) in [5.41, 5.74) is 2.51. The summed E-state index contributed by atoms with van der Waals surface area (Å²) >= 11 is 0. The Morgan fingerprint density at radius 1 is 1.17 bits per heavy atom. The lowest BCUT2D eigenvalue weighted by Crippen LogP contribution is -2.28. The van der Waals surface area contributed by atoms with E-state index in [2.05, 4.69) is 36.4 Å². The third-order valence-electron chi connectivity index (χ3n) is 3.89. The van der Waals surface area contributed by atoms with Gasteiger partial charge in [-0.05, 0) is 29.5 Å². The Balaban J connectivity index is 2.07. The number of carboxylic acids is 1. The van der Waals surface area contributed by atoms with Crippen LogP contribution in [0.25, 0.3) is 0 Å². The van der Waals surface area contributed by atoms with Crippen LogP contribution in [0.3, 0.4) is 0 Å². The van der Waals surface area contributed by atoms with Crippen LogP contribution in [0.2, 0.25) is 0 Å². The van der Waals surface area contributed by atoms with E-state index in [1.807, 2.05) is 19.1 Å². The lowest BCUT2D eigenvalue weighted by molar-refractivity contribution is -0.137. The Hall–Kier alpha value is -2.63. The topological polar surface area (TPSA) is 84.2 Å². The van der Waals surface area contributed by atoms with Crippen molar-refractivity contribution in [1.82, 2.24) is 15.1 Å². The highest BCUT2D eigenvalue weighted by Gasteiger charge is 2.16. The zero-order valence-corrected chi connectivity index (χ0v) is 14.2. The average molecular weight is 329 g/mol. The highest BCUT2D eigenvalue weighted by Crippen LogP contribution is 2.21. The fraction of sp³-hybridized carbons (Fsp3) is 0.389. The van der Waals surface area contributed by atoms with Crippen molar-refractivity contribution < 1.29 is 14.7 Å². The number of nitrogens with one attached hydrogen (secondary N) is 1. The molecule has 1 atom stereocenters. The number of hydrogen-bond acceptors (Lipinski definition) is 3. The first kappa shape index (κ1) is 17.7. The molecule has 0 bridgehead atoms. The second-order valence-electron chi connectivity index (χ2n) is 6.05. The SMILES string of the molecule is CCC(NC(=O)c1ccn(CC(=O)O)n1)c1ccc(C(C)C)cc1. The standard InChI is InChI=1S/C18H23N3O3/c1-4-15(14-7-5-13(6-8-14)12(2)3)19-18(24)16-9-10-21(20-16)11-17(22)23/h5-10,12,15H,4,11H2,1-3H3,(H,19,24)(H,22,23). The van der Waals surface area contributed by atoms with Gasteiger partial charge in [0.2, 0.25) is 0 Å². The minimum atomic E-state index is -0.998. The zero-order chi connectivity index (χ0) is 17.7. The van der Waals surface area contributed by atoms with Crippen LogP contribution in [-0.4, -0.2) is 26.8 Å². The first-order valence-electron chi connectivity index (χ1n) is 8.06. The van der Waals surface area contributed by atoms with Crippen molar-refractivity contribution in [2.24, 2.45) is 0 Å². The number of nitrogens with zero attached hydrogens (tertiary/aromatic N) is 2. The van der Waals surface area contributed by atoms with Crippen molar-refractivity contribution >= 4 is 11.9 Å². The smallest absolute Gasteiger partial charge is 0.325 e. The number of hydrogen-bond donors (Lipinski definition) is 2. The predicted molar refractivity (Wildman–Crippen MR) is 90.9 cm³/mol. The van der Waals surface area contributed by atoms with Crippen molar-refractivity contribution in [3.63, 3.8) is 0 Å². The lowest BCUT2D eigenvalue weighted by Gasteiger charge is -2.17. The Bertz CT molecular complexity index is 705. The number of amides is 1. The van der Waals surface area contributed by atoms with Crippen molar-refractivity contribution in [2.75, 3.05) is 0 Å². The summed E-state index contributed by atoms with van der Waals surface area (Å²) in [4.78, 5) is 23.0. The van der Waals surface area contributed by atoms with Crippen LogP contribution in [-0.2, 0) is 11.3 Å². The summed E-state index contributed by atoms with van der Waals surface area (Å²) in [6.45, 7) is 6.02. The maximum absolute atomic E-state index is 12.3. The molecule has 2 rings (SSSR count). The average Bonchev–Trinajstić information content (AvgIpc) is 3.00. The maximum Gasteiger partial charge on any atom is 0.325 e. The van der Waals surface area contributed by atoms with Crippen molar-refractivity contribution in [2.45, 2.75) is 45.7 Å². The second kappa shape index (κ2) is 7.77. The molecule has 2 aromatic rings. The van der Waals surface area contributed by atoms with Crippen molar-refractivity contribution in [3.05, 3.63) is 53.3 Å². The van der Waals surface area contributed by atoms with Gasteiger partial charge in [0.15, 0.2) is 0 Å². The van der Waals surface area contributed by atoms with Gasteiger partial charge >= 0.3 is 5.97 Å². The molecule has 1 unspecified atom stereocenters. The summed E-state index contributed by atoms with van der Waals surface area (Å²) in [7, 11) is 0. The van der Waals surface area contributed by atoms with Crippen LogP contribution in [0, 0.1) is 0 Å². The summed E-state index contributed by atoms with van der Waals surface area (Å²) in [5.74, 6) is -0.840. The van der Waals surface area contributed by atoms with Gasteiger partial charge in [-0.1, -0.05) is 45.0 Å². The van der Waals surface area contributed by atoms with Gasteiger partial charge in [-0.2, -0.15) is 5.10 Å². The van der Waals surface area contributed by atoms with Crippen LogP contribution in [0.4, 0.5) is 0 Å². The van der Waals surface area contributed by atoms with Crippen LogP contribution in [0.5, 0.6) is 0 Å². The Morgan fingerprint density at radius 2 is 1.79 bits per heavy atom. The summed E-state index contributed by atoms with van der Waals surface area (Å²) < 4.78 is 1.23. The molecular weight excluding hydrogens is 306 g/mol. The van der Waals surface area contributed by atoms with Gasteiger partial charge in [0, 0.05) is 6.20 Å². The number of carbonyl (C=O) groups excluding carboxylic acids is 1. The zero-order valence-electron chi connectivity index (χ0n) is 14.2. The van der Waals surface area contributed by atoms with E-state index in [0.717, 1.165) is 12.0 Å². The number of carboxylic acid groups (broad SMARTS) is 1. The third-order valence-corrected chi connectivity index (χ3v) is 3.89. The predicted octanol–water partition coefficient (Wildman–Crippen LogP) is 2.97. The van der Waals surface area contributed by atoms with Gasteiger partial charge in [0.05, 0.1) is 6.04 Å². The van der Waals surface area contributed by atoms with Crippen molar-refractivity contribution in [1.29, 1.82) is 0 Å². The summed E-state index contributed by atoms with van der Waals surface area (Å²) in [6.07, 6.45) is 2.24. The van der Waals surface area contributed by atoms with Gasteiger partial charge in [-0.3, -0.25) is 14.3 Å². The first-order valence-corrected chi connectivity index (χ1v) is 8.06. The number of rotatable bonds is 7. The van der Waals surface area contributed by atoms with Crippen LogP contribution >= 0.6 is 0 Å². The van der Waals surface area contributed by atoms with Crippen molar-refractivity contribution in [3.8, 4) is 0 Å². The van der Waals surface area contributed by atoms with E-state index in [4.69, 9.17) is 5.11 Å². The van der Waals surface area contributed by atoms with Gasteiger partial charge in [-0.15, -0.1) is 0 Å². The molecule has 0 saturated carbocycles. The van der Waals surface area contributed by atoms with Crippen LogP contribution in [0.1, 0.15) is 60.8 Å². The molecule has 0 spiro atoms. The Morgan fingerprint density at radius 3 is 2.33 bits per heavy atom. The van der Waals surface area contributed by atoms with E-state index in [1.165, 1.54) is 22.5 Å². The van der Waals surface area contributed by atoms with E-state index in [9.17, 15) is 9.59 Å². The van der Waals surface area contributed by atoms with Gasteiger partial charge in [0.25, 0.3) is 5.91 Å². The summed E-state index contributed by atoms with van der Waals surface area (Å²) in [6, 6.07) is 9.64. The molecule has 0 saturated heterocycles. The second-order valence-corrected chi connectivity index (χ2v) is 6.05. The first-order chi connectivity index (χ1) is 11.4. The Labute approximate surface area is 141 Å². The molecule has 0 aliphatic rings. The highest BCUT2D eigenvalue weighted by atomic mass is 16.4. The fourth-order valence-corrected chi connectivity index (χ4v) is 2.48. The molecule has 1 heterocycles. The monoisotopic (exact) mass is 329 g/mol. The number of benzene rings is 1. The molecule has 1 aromatic carbocycles. The third kappa shape index (κ3) is 4.44. The Kier molecular flexibility index (Phi) is 5.73. The molecule has 128 valence electrons. The largest absolute Gasteiger partial charge is 0.480 e. The lowest BCUT2D eigenvalue weighted by atomic mass is 9.98. The van der Waals surface area contributed by atoms with Gasteiger partial charge < -0.3 is 10.4 Å². The number of aliphatic carboxylic acids is 1. The normalized spacial score (nSPS) is 12.2. The molecule has 0 aliphatic heterocycles. The highest BCUT2D eigenvalue weighted by molar-refractivity contribution is 5.92. The molecule has 6 heteroatoms. The number of carbonyl (C=O) groups is 2. The van der Waals surface area contributed by atoms with E-state index in [1.54, 1.807) is 0 Å². The van der Waals surface area contributed by atoms with E-state index in [0.29, 0.717) is 5.92 Å². The molecular formula is C18H23N3O3. The fourth-order valence-electron chi connectivity index (χ4n) is 2.48. The van der Waals surface area contributed by atoms with Gasteiger partial charge in [0.1, 0.15) is 12.2 Å². The molecule has 0 fully saturated rings. The van der Waals surface area contributed by atoms with E-state index < -0.39 is 5.97 Å². The minimum Gasteiger partial charge on any atom is -0.480 e. The minimum absolute atomic E-state index is 0.108. The molecule has 24 heavy (non-hydrogen) atoms. The molecule has 0 aliphatic carbocycles. The van der Waals surface area contributed by atoms with E-state index >= 15 is 0 Å². The summed E-state index contributed by atoms with van der Waals surface area (Å²) in [5, 5.41) is 15.7. The number of aromatic nitrogens is 2. The molecule has 1 amide bonds. The quantitative estimate of drug-likeness (QED) is 0.818. The molecule has 6 nitrogen and oxygen atoms in total. The van der Waals surface area contributed by atoms with Crippen LogP contribution in [0.15, 0.2) is 36.5 Å². The molecule has 2 N–H and O–H groups in total.